The number of hydrogen-bond donors (Lipinski definition) is 1. The van der Waals surface area contributed by atoms with E-state index in [4.69, 9.17) is 4.74 Å². The lowest BCUT2D eigenvalue weighted by atomic mass is 10.5. The summed E-state index contributed by atoms with van der Waals surface area (Å²) in [4.78, 5) is 33.3. The van der Waals surface area contributed by atoms with Gasteiger partial charge in [-0.15, -0.1) is 0 Å². The average Bonchev–Trinajstić information content (AvgIpc) is 2.32. The van der Waals surface area contributed by atoms with Gasteiger partial charge in [-0.25, -0.2) is 10.2 Å². The van der Waals surface area contributed by atoms with Crippen LogP contribution in [0.5, 0.6) is 0 Å². The van der Waals surface area contributed by atoms with Crippen LogP contribution in [0.3, 0.4) is 0 Å². The molecule has 0 fully saturated rings. The number of imide groups is 1. The summed E-state index contributed by atoms with van der Waals surface area (Å²) in [6.07, 6.45) is 1.29. The monoisotopic (exact) mass is 324 g/mol. The van der Waals surface area contributed by atoms with Gasteiger partial charge in [0.1, 0.15) is 0 Å². The molecule has 0 aliphatic carbocycles. The van der Waals surface area contributed by atoms with Crippen molar-refractivity contribution in [3.05, 3.63) is 12.2 Å². The standard InChI is InChI=1S/C8H9IN2O4/c1-8(2,9)15-7(14)10-11-5(12)3-4-6(11)13/h3-4H,1-2H3,(H,10,14). The molecule has 0 aromatic rings. The highest BCUT2D eigenvalue weighted by molar-refractivity contribution is 14.1. The average molecular weight is 324 g/mol. The second kappa shape index (κ2) is 4.17. The summed E-state index contributed by atoms with van der Waals surface area (Å²) < 4.78 is 4.15. The van der Waals surface area contributed by atoms with Gasteiger partial charge in [-0.2, -0.15) is 5.01 Å². The zero-order valence-corrected chi connectivity index (χ0v) is 10.3. The van der Waals surface area contributed by atoms with E-state index in [1.807, 2.05) is 28.0 Å². The highest BCUT2D eigenvalue weighted by Gasteiger charge is 2.27. The Labute approximate surface area is 99.7 Å². The van der Waals surface area contributed by atoms with Crippen LogP contribution in [-0.2, 0) is 14.3 Å². The summed E-state index contributed by atoms with van der Waals surface area (Å²) in [6, 6.07) is 0. The Balaban J connectivity index is 2.53. The van der Waals surface area contributed by atoms with E-state index in [1.54, 1.807) is 13.8 Å². The molecule has 1 aliphatic rings. The van der Waals surface area contributed by atoms with Gasteiger partial charge in [0.15, 0.2) is 3.61 Å². The first-order chi connectivity index (χ1) is 6.79. The Morgan fingerprint density at radius 3 is 2.27 bits per heavy atom. The van der Waals surface area contributed by atoms with Gasteiger partial charge in [-0.3, -0.25) is 9.59 Å². The zero-order chi connectivity index (χ0) is 11.6. The Hall–Kier alpha value is -1.12. The molecule has 0 radical (unpaired) electrons. The van der Waals surface area contributed by atoms with Crippen molar-refractivity contribution in [2.45, 2.75) is 17.5 Å². The highest BCUT2D eigenvalue weighted by atomic mass is 127. The Bertz CT molecular complexity index is 327. The third-order valence-electron chi connectivity index (χ3n) is 1.35. The van der Waals surface area contributed by atoms with E-state index in [1.165, 1.54) is 0 Å². The lowest BCUT2D eigenvalue weighted by molar-refractivity contribution is -0.140. The van der Waals surface area contributed by atoms with Crippen molar-refractivity contribution in [3.8, 4) is 0 Å². The van der Waals surface area contributed by atoms with E-state index in [2.05, 4.69) is 0 Å². The molecule has 0 aromatic carbocycles. The number of nitrogens with one attached hydrogen (secondary N) is 1. The summed E-state index contributed by atoms with van der Waals surface area (Å²) in [7, 11) is 0. The van der Waals surface area contributed by atoms with Crippen LogP contribution < -0.4 is 5.43 Å². The SMILES string of the molecule is CC(C)(I)OC(=O)NN1C(=O)C=CC1=O. The molecule has 1 rings (SSSR count). The molecule has 15 heavy (non-hydrogen) atoms. The van der Waals surface area contributed by atoms with Crippen molar-refractivity contribution in [1.29, 1.82) is 0 Å². The van der Waals surface area contributed by atoms with Gasteiger partial charge in [-0.1, -0.05) is 0 Å². The van der Waals surface area contributed by atoms with Gasteiger partial charge >= 0.3 is 6.09 Å². The molecular formula is C8H9IN2O4. The quantitative estimate of drug-likeness (QED) is 0.461. The van der Waals surface area contributed by atoms with E-state index in [0.717, 1.165) is 12.2 Å². The summed E-state index contributed by atoms with van der Waals surface area (Å²) in [5.74, 6) is -1.19. The van der Waals surface area contributed by atoms with Gasteiger partial charge in [-0.05, 0) is 36.4 Å². The number of hydrogen-bond acceptors (Lipinski definition) is 4. The van der Waals surface area contributed by atoms with Gasteiger partial charge in [0.25, 0.3) is 11.8 Å². The van der Waals surface area contributed by atoms with Crippen LogP contribution in [0.2, 0.25) is 0 Å². The van der Waals surface area contributed by atoms with E-state index in [-0.39, 0.29) is 0 Å². The molecule has 7 heteroatoms. The normalized spacial score (nSPS) is 15.8. The number of rotatable bonds is 2. The summed E-state index contributed by atoms with van der Waals surface area (Å²) in [5.41, 5.74) is 2.04. The Morgan fingerprint density at radius 2 is 1.87 bits per heavy atom. The topological polar surface area (TPSA) is 75.7 Å². The summed E-state index contributed by atoms with van der Waals surface area (Å²) in [5, 5.41) is 0.588. The van der Waals surface area contributed by atoms with Gasteiger partial charge in [0, 0.05) is 12.2 Å². The maximum Gasteiger partial charge on any atom is 0.427 e. The lowest BCUT2D eigenvalue weighted by Crippen LogP contribution is -2.47. The molecule has 82 valence electrons. The molecule has 0 unspecified atom stereocenters. The largest absolute Gasteiger partial charge is 0.432 e. The smallest absolute Gasteiger partial charge is 0.427 e. The third-order valence-corrected chi connectivity index (χ3v) is 1.57. The fourth-order valence-electron chi connectivity index (χ4n) is 0.845. The number of nitrogens with zero attached hydrogens (tertiary/aromatic N) is 1. The van der Waals surface area contributed by atoms with Crippen molar-refractivity contribution in [2.24, 2.45) is 0 Å². The lowest BCUT2D eigenvalue weighted by Gasteiger charge is -2.20. The van der Waals surface area contributed by atoms with Crippen LogP contribution in [0.1, 0.15) is 13.8 Å². The van der Waals surface area contributed by atoms with E-state index in [9.17, 15) is 14.4 Å². The molecule has 3 amide bonds. The predicted octanol–water partition coefficient (Wildman–Crippen LogP) is 0.724. The van der Waals surface area contributed by atoms with Crippen molar-refractivity contribution in [3.63, 3.8) is 0 Å². The first kappa shape index (κ1) is 12.0. The molecule has 0 spiro atoms. The molecule has 1 aliphatic heterocycles. The molecular weight excluding hydrogens is 315 g/mol. The maximum atomic E-state index is 11.2. The van der Waals surface area contributed by atoms with Gasteiger partial charge in [0.2, 0.25) is 0 Å². The number of hydrazine groups is 1. The Morgan fingerprint density at radius 1 is 1.40 bits per heavy atom. The molecule has 0 saturated heterocycles. The number of amides is 3. The highest BCUT2D eigenvalue weighted by Crippen LogP contribution is 2.18. The number of alkyl halides is 1. The van der Waals surface area contributed by atoms with Crippen LogP contribution in [0, 0.1) is 0 Å². The Kier molecular flexibility index (Phi) is 3.32. The molecule has 6 nitrogen and oxygen atoms in total. The number of carbonyl (C=O) groups is 3. The van der Waals surface area contributed by atoms with Gasteiger partial charge < -0.3 is 4.74 Å². The number of carbonyl (C=O) groups excluding carboxylic acids is 3. The van der Waals surface area contributed by atoms with Crippen molar-refractivity contribution in [2.75, 3.05) is 0 Å². The molecule has 1 heterocycles. The molecule has 0 bridgehead atoms. The van der Waals surface area contributed by atoms with Crippen LogP contribution in [-0.4, -0.2) is 26.5 Å². The minimum Gasteiger partial charge on any atom is -0.432 e. The first-order valence-corrected chi connectivity index (χ1v) is 5.12. The minimum atomic E-state index is -0.847. The summed E-state index contributed by atoms with van der Waals surface area (Å²) in [6.45, 7) is 3.33. The van der Waals surface area contributed by atoms with Crippen LogP contribution in [0.25, 0.3) is 0 Å². The maximum absolute atomic E-state index is 11.2. The first-order valence-electron chi connectivity index (χ1n) is 4.04. The summed E-state index contributed by atoms with van der Waals surface area (Å²) >= 11 is 1.90. The second-order valence-corrected chi connectivity index (χ2v) is 5.81. The minimum absolute atomic E-state index is 0.588. The van der Waals surface area contributed by atoms with E-state index >= 15 is 0 Å². The van der Waals surface area contributed by atoms with Crippen molar-refractivity contribution >= 4 is 40.5 Å². The van der Waals surface area contributed by atoms with Crippen molar-refractivity contribution < 1.29 is 19.1 Å². The fourth-order valence-corrected chi connectivity index (χ4v) is 1.04. The van der Waals surface area contributed by atoms with Crippen molar-refractivity contribution in [1.82, 2.24) is 10.4 Å². The van der Waals surface area contributed by atoms with Crippen LogP contribution in [0.4, 0.5) is 4.79 Å². The van der Waals surface area contributed by atoms with Crippen LogP contribution in [0.15, 0.2) is 12.2 Å². The number of ether oxygens (including phenoxy) is 1. The zero-order valence-electron chi connectivity index (χ0n) is 8.11. The van der Waals surface area contributed by atoms with E-state index < -0.39 is 21.5 Å². The second-order valence-electron chi connectivity index (χ2n) is 3.21. The molecule has 0 saturated carbocycles. The third kappa shape index (κ3) is 3.50. The van der Waals surface area contributed by atoms with E-state index in [0.29, 0.717) is 5.01 Å². The molecule has 1 N–H and O–H groups in total. The van der Waals surface area contributed by atoms with Gasteiger partial charge in [0.05, 0.1) is 0 Å². The predicted molar refractivity (Wildman–Crippen MR) is 58.7 cm³/mol. The molecule has 0 aromatic heterocycles. The van der Waals surface area contributed by atoms with Crippen LogP contribution >= 0.6 is 22.6 Å². The number of halogens is 1. The molecule has 0 atom stereocenters. The fraction of sp³-hybridized carbons (Fsp3) is 0.375.